The Morgan fingerprint density at radius 2 is 2.16 bits per heavy atom. The van der Waals surface area contributed by atoms with Crippen molar-refractivity contribution in [1.82, 2.24) is 9.47 Å². The Balaban J connectivity index is 1.70. The highest BCUT2D eigenvalue weighted by atomic mass is 32.1. The summed E-state index contributed by atoms with van der Waals surface area (Å²) >= 11 is 1.69. The fourth-order valence-electron chi connectivity index (χ4n) is 4.21. The molecule has 0 radical (unpaired) electrons. The third kappa shape index (κ3) is 3.04. The molecule has 0 N–H and O–H groups in total. The largest absolute Gasteiger partial charge is 0.384 e. The molecule has 4 heterocycles. The first-order valence-electron chi connectivity index (χ1n) is 8.71. The Kier molecular flexibility index (Phi) is 4.48. The smallest absolute Gasteiger partial charge is 0.250 e. The molecule has 5 nitrogen and oxygen atoms in total. The van der Waals surface area contributed by atoms with Crippen LogP contribution in [0.3, 0.4) is 0 Å². The zero-order valence-electron chi connectivity index (χ0n) is 14.3. The first-order chi connectivity index (χ1) is 12.2. The Morgan fingerprint density at radius 1 is 1.28 bits per heavy atom. The van der Waals surface area contributed by atoms with Crippen molar-refractivity contribution in [3.63, 3.8) is 0 Å². The molecule has 2 aromatic rings. The summed E-state index contributed by atoms with van der Waals surface area (Å²) in [6.45, 7) is 2.61. The molecule has 2 unspecified atom stereocenters. The lowest BCUT2D eigenvalue weighted by atomic mass is 9.81. The highest BCUT2D eigenvalue weighted by molar-refractivity contribution is 7.13. The van der Waals surface area contributed by atoms with E-state index in [1.807, 2.05) is 21.6 Å². The van der Waals surface area contributed by atoms with Gasteiger partial charge in [-0.1, -0.05) is 6.07 Å². The van der Waals surface area contributed by atoms with Gasteiger partial charge < -0.3 is 14.2 Å². The SMILES string of the molecule is COCCC(=O)N1CC2CC(C1)c1c(-c3cccs3)ccc(=O)n1C2. The second-order valence-electron chi connectivity index (χ2n) is 6.90. The monoisotopic (exact) mass is 358 g/mol. The van der Waals surface area contributed by atoms with Gasteiger partial charge in [-0.3, -0.25) is 9.59 Å². The maximum absolute atomic E-state index is 12.5. The van der Waals surface area contributed by atoms with Gasteiger partial charge in [-0.15, -0.1) is 11.3 Å². The van der Waals surface area contributed by atoms with E-state index in [9.17, 15) is 9.59 Å². The number of pyridine rings is 1. The average molecular weight is 358 g/mol. The Bertz CT molecular complexity index is 828. The molecule has 6 heteroatoms. The fourth-order valence-corrected chi connectivity index (χ4v) is 4.97. The molecule has 2 aliphatic heterocycles. The normalized spacial score (nSPS) is 21.9. The molecule has 4 rings (SSSR count). The van der Waals surface area contributed by atoms with Crippen LogP contribution in [0.4, 0.5) is 0 Å². The number of rotatable bonds is 4. The quantitative estimate of drug-likeness (QED) is 0.844. The van der Waals surface area contributed by atoms with E-state index >= 15 is 0 Å². The molecular weight excluding hydrogens is 336 g/mol. The van der Waals surface area contributed by atoms with E-state index in [1.54, 1.807) is 24.5 Å². The molecular formula is C19H22N2O3S. The van der Waals surface area contributed by atoms with Gasteiger partial charge in [0.1, 0.15) is 0 Å². The van der Waals surface area contributed by atoms with Gasteiger partial charge in [-0.25, -0.2) is 0 Å². The van der Waals surface area contributed by atoms with Crippen molar-refractivity contribution in [2.24, 2.45) is 5.92 Å². The standard InChI is InChI=1S/C19H22N2O3S/c1-24-7-6-17(22)20-10-13-9-14(12-20)19-15(16-3-2-8-25-16)4-5-18(23)21(19)11-13/h2-5,8,13-14H,6-7,9-12H2,1H3. The van der Waals surface area contributed by atoms with Crippen LogP contribution in [0, 0.1) is 5.92 Å². The number of carbonyl (C=O) groups excluding carboxylic acids is 1. The van der Waals surface area contributed by atoms with Crippen molar-refractivity contribution >= 4 is 17.2 Å². The predicted molar refractivity (Wildman–Crippen MR) is 97.9 cm³/mol. The molecule has 1 amide bonds. The third-order valence-corrected chi connectivity index (χ3v) is 6.15. The van der Waals surface area contributed by atoms with E-state index in [0.29, 0.717) is 32.0 Å². The molecule has 2 aromatic heterocycles. The number of carbonyl (C=O) groups is 1. The summed E-state index contributed by atoms with van der Waals surface area (Å²) in [4.78, 5) is 28.1. The Labute approximate surface area is 150 Å². The molecule has 0 aliphatic carbocycles. The van der Waals surface area contributed by atoms with Crippen LogP contribution in [0.1, 0.15) is 24.5 Å². The maximum Gasteiger partial charge on any atom is 0.250 e. The number of methoxy groups -OCH3 is 1. The fraction of sp³-hybridized carbons (Fsp3) is 0.474. The van der Waals surface area contributed by atoms with E-state index in [-0.39, 0.29) is 17.4 Å². The van der Waals surface area contributed by atoms with Crippen LogP contribution in [-0.4, -0.2) is 42.2 Å². The lowest BCUT2D eigenvalue weighted by Gasteiger charge is -2.43. The summed E-state index contributed by atoms with van der Waals surface area (Å²) in [7, 11) is 1.62. The zero-order chi connectivity index (χ0) is 17.4. The summed E-state index contributed by atoms with van der Waals surface area (Å²) < 4.78 is 7.00. The molecule has 0 spiro atoms. The number of amides is 1. The van der Waals surface area contributed by atoms with Gasteiger partial charge in [-0.05, 0) is 29.9 Å². The van der Waals surface area contributed by atoms with Crippen molar-refractivity contribution in [3.05, 3.63) is 45.7 Å². The molecule has 132 valence electrons. The zero-order valence-corrected chi connectivity index (χ0v) is 15.1. The number of piperidine rings is 1. The van der Waals surface area contributed by atoms with Crippen LogP contribution in [-0.2, 0) is 16.1 Å². The van der Waals surface area contributed by atoms with E-state index in [2.05, 4.69) is 11.4 Å². The van der Waals surface area contributed by atoms with Gasteiger partial charge in [0.05, 0.1) is 13.0 Å². The lowest BCUT2D eigenvalue weighted by molar-refractivity contribution is -0.134. The number of ether oxygens (including phenoxy) is 1. The van der Waals surface area contributed by atoms with Gasteiger partial charge >= 0.3 is 0 Å². The van der Waals surface area contributed by atoms with E-state index < -0.39 is 0 Å². The molecule has 2 atom stereocenters. The number of aromatic nitrogens is 1. The highest BCUT2D eigenvalue weighted by Gasteiger charge is 2.37. The van der Waals surface area contributed by atoms with Crippen molar-refractivity contribution in [2.75, 3.05) is 26.8 Å². The van der Waals surface area contributed by atoms with Crippen LogP contribution in [0.25, 0.3) is 10.4 Å². The third-order valence-electron chi connectivity index (χ3n) is 5.25. The molecule has 1 saturated heterocycles. The number of hydrogen-bond donors (Lipinski definition) is 0. The summed E-state index contributed by atoms with van der Waals surface area (Å²) in [5.41, 5.74) is 2.32. The molecule has 1 fully saturated rings. The van der Waals surface area contributed by atoms with Gasteiger partial charge in [0.15, 0.2) is 0 Å². The molecule has 2 bridgehead atoms. The van der Waals surface area contributed by atoms with Crippen LogP contribution in [0.15, 0.2) is 34.4 Å². The Morgan fingerprint density at radius 3 is 2.92 bits per heavy atom. The lowest BCUT2D eigenvalue weighted by Crippen LogP contribution is -2.49. The second-order valence-corrected chi connectivity index (χ2v) is 7.85. The van der Waals surface area contributed by atoms with Crippen LogP contribution in [0.5, 0.6) is 0 Å². The molecule has 25 heavy (non-hydrogen) atoms. The van der Waals surface area contributed by atoms with Crippen molar-refractivity contribution < 1.29 is 9.53 Å². The molecule has 2 aliphatic rings. The molecule has 0 saturated carbocycles. The summed E-state index contributed by atoms with van der Waals surface area (Å²) in [6.07, 6.45) is 1.48. The predicted octanol–water partition coefficient (Wildman–Crippen LogP) is 2.56. The van der Waals surface area contributed by atoms with Crippen LogP contribution >= 0.6 is 11.3 Å². The van der Waals surface area contributed by atoms with E-state index in [0.717, 1.165) is 24.2 Å². The topological polar surface area (TPSA) is 51.5 Å². The summed E-state index contributed by atoms with van der Waals surface area (Å²) in [5, 5.41) is 2.06. The van der Waals surface area contributed by atoms with Crippen LogP contribution < -0.4 is 5.56 Å². The minimum absolute atomic E-state index is 0.0733. The second kappa shape index (κ2) is 6.77. The number of likely N-dealkylation sites (tertiary alicyclic amines) is 1. The van der Waals surface area contributed by atoms with Gasteiger partial charge in [0.2, 0.25) is 5.91 Å². The van der Waals surface area contributed by atoms with Gasteiger partial charge in [0.25, 0.3) is 5.56 Å². The highest BCUT2D eigenvalue weighted by Crippen LogP contribution is 2.40. The average Bonchev–Trinajstić information content (AvgIpc) is 3.14. The number of nitrogens with zero attached hydrogens (tertiary/aromatic N) is 2. The van der Waals surface area contributed by atoms with E-state index in [4.69, 9.17) is 4.74 Å². The van der Waals surface area contributed by atoms with Gasteiger partial charge in [0, 0.05) is 54.9 Å². The number of thiophene rings is 1. The number of fused-ring (bicyclic) bond motifs is 4. The van der Waals surface area contributed by atoms with E-state index in [1.165, 1.54) is 4.88 Å². The minimum atomic E-state index is 0.0733. The summed E-state index contributed by atoms with van der Waals surface area (Å²) in [5.74, 6) is 0.736. The van der Waals surface area contributed by atoms with Crippen molar-refractivity contribution in [1.29, 1.82) is 0 Å². The van der Waals surface area contributed by atoms with Crippen molar-refractivity contribution in [2.45, 2.75) is 25.3 Å². The minimum Gasteiger partial charge on any atom is -0.384 e. The van der Waals surface area contributed by atoms with Gasteiger partial charge in [-0.2, -0.15) is 0 Å². The first kappa shape index (κ1) is 16.5. The number of hydrogen-bond acceptors (Lipinski definition) is 4. The Hall–Kier alpha value is -1.92. The first-order valence-corrected chi connectivity index (χ1v) is 9.59. The maximum atomic E-state index is 12.5. The molecule has 0 aromatic carbocycles. The van der Waals surface area contributed by atoms with Crippen molar-refractivity contribution in [3.8, 4) is 10.4 Å². The summed E-state index contributed by atoms with van der Waals surface area (Å²) in [6, 6.07) is 7.77. The van der Waals surface area contributed by atoms with Crippen LogP contribution in [0.2, 0.25) is 0 Å².